The Morgan fingerprint density at radius 1 is 0.311 bits per heavy atom. The molecule has 0 fully saturated rings. The summed E-state index contributed by atoms with van der Waals surface area (Å²) >= 11 is 0. The molecule has 0 saturated carbocycles. The summed E-state index contributed by atoms with van der Waals surface area (Å²) in [6, 6.07) is 15.8. The van der Waals surface area contributed by atoms with Crippen LogP contribution < -0.4 is 108 Å². The highest BCUT2D eigenvalue weighted by molar-refractivity contribution is 6.00. The number of amides is 12. The number of hydrogen-bond acceptors (Lipinski definition) is 20. The van der Waals surface area contributed by atoms with Crippen LogP contribution >= 0.6 is 0 Å². The summed E-state index contributed by atoms with van der Waals surface area (Å²) in [4.78, 5) is 154. The summed E-state index contributed by atoms with van der Waals surface area (Å²) in [5.41, 5.74) is 19.5. The van der Waals surface area contributed by atoms with Crippen LogP contribution in [0, 0.1) is 23.7 Å². The summed E-state index contributed by atoms with van der Waals surface area (Å²) in [6.45, 7) is 53.9. The Labute approximate surface area is 729 Å². The lowest BCUT2D eigenvalue weighted by Crippen LogP contribution is -2.62. The fourth-order valence-corrected chi connectivity index (χ4v) is 12.1. The molecule has 2 aromatic carbocycles. The highest BCUT2D eigenvalue weighted by Gasteiger charge is 2.43. The number of nitrogens with two attached hydrogens (primary N) is 4. The van der Waals surface area contributed by atoms with Crippen molar-refractivity contribution in [2.75, 3.05) is 31.5 Å². The summed E-state index contributed by atoms with van der Waals surface area (Å²) in [5.74, 6) is -2.72. The van der Waals surface area contributed by atoms with Crippen molar-refractivity contribution in [1.82, 2.24) is 79.8 Å². The molecule has 692 valence electrons. The second-order valence-corrected chi connectivity index (χ2v) is 32.1. The number of nitrogens with one attached hydrogen (secondary N) is 16. The van der Waals surface area contributed by atoms with Crippen molar-refractivity contribution in [3.8, 4) is 0 Å². The van der Waals surface area contributed by atoms with Crippen molar-refractivity contribution in [3.05, 3.63) is 116 Å². The third-order valence-corrected chi connectivity index (χ3v) is 21.4. The van der Waals surface area contributed by atoms with Crippen LogP contribution in [0.5, 0.6) is 0 Å². The fourth-order valence-electron chi connectivity index (χ4n) is 12.1. The molecule has 2 rings (SSSR count). The van der Waals surface area contributed by atoms with E-state index in [1.165, 1.54) is 0 Å². The van der Waals surface area contributed by atoms with E-state index in [4.69, 9.17) is 22.9 Å². The minimum atomic E-state index is -1.07. The van der Waals surface area contributed by atoms with Gasteiger partial charge in [-0.1, -0.05) is 206 Å². The van der Waals surface area contributed by atoms with Gasteiger partial charge in [0.1, 0.15) is 46.3 Å². The zero-order valence-electron chi connectivity index (χ0n) is 77.6. The van der Waals surface area contributed by atoms with Crippen LogP contribution in [-0.4, -0.2) is 155 Å². The quantitative estimate of drug-likeness (QED) is 0.0284. The molecular formula is C90H160N20O12. The van der Waals surface area contributed by atoms with Crippen molar-refractivity contribution in [3.63, 3.8) is 0 Å². The third-order valence-electron chi connectivity index (χ3n) is 21.4. The average Bonchev–Trinajstić information content (AvgIpc) is 0.840. The Morgan fingerprint density at radius 2 is 0.566 bits per heavy atom. The molecule has 0 spiro atoms. The van der Waals surface area contributed by atoms with Crippen LogP contribution in [-0.2, 0) is 64.1 Å². The highest BCUT2D eigenvalue weighted by Crippen LogP contribution is 2.23. The van der Waals surface area contributed by atoms with Gasteiger partial charge in [-0.05, 0) is 147 Å². The molecule has 2 aromatic rings. The minimum Gasteiger partial charge on any atom is -0.386 e. The van der Waals surface area contributed by atoms with Gasteiger partial charge in [0.25, 0.3) is 0 Å². The van der Waals surface area contributed by atoms with Crippen molar-refractivity contribution in [2.24, 2.45) is 46.6 Å². The van der Waals surface area contributed by atoms with Crippen LogP contribution in [0.4, 0.5) is 5.69 Å². The number of carbonyl (C=O) groups excluding carboxylic acids is 12. The predicted molar refractivity (Wildman–Crippen MR) is 489 cm³/mol. The molecule has 0 heterocycles. The van der Waals surface area contributed by atoms with E-state index in [-0.39, 0.29) is 107 Å². The predicted octanol–water partition coefficient (Wildman–Crippen LogP) is 7.58. The minimum absolute atomic E-state index is 0.00611. The SMILES string of the molecule is C=C(N)NCCC[C@H](NC(=O)C(CC)(CC)NC(=O)C(C)C)C(=O)NC(CC)CC.C=C(N)NCCC[C@H](NC(=O)C(CC)(CC)NC(=O)C(C)C)C(=O)NCc1ccccc1.C=C(N)NCCC[C@H](NC(=O)C(CC)(CC)NC(=O)C(C)C)C(=O)N[C@@H](C)CC.C=C(N)NCCC[C@H](NC(=O)C(CC)(CC)NC(=O)C(C)C)C(=O)Nc1ccccc1. The van der Waals surface area contributed by atoms with Gasteiger partial charge in [0.2, 0.25) is 70.9 Å². The molecule has 12 amide bonds. The smallest absolute Gasteiger partial charge is 0.246 e. The molecule has 0 aliphatic rings. The molecule has 32 nitrogen and oxygen atoms in total. The van der Waals surface area contributed by atoms with Crippen LogP contribution in [0.15, 0.2) is 110 Å². The first-order valence-corrected chi connectivity index (χ1v) is 43.9. The van der Waals surface area contributed by atoms with Gasteiger partial charge in [0.05, 0.1) is 23.3 Å². The zero-order chi connectivity index (χ0) is 93.5. The second kappa shape index (κ2) is 60.8. The van der Waals surface area contributed by atoms with E-state index in [2.05, 4.69) is 111 Å². The van der Waals surface area contributed by atoms with E-state index in [9.17, 15) is 57.5 Å². The molecular weight excluding hydrogens is 1550 g/mol. The molecule has 0 aliphatic heterocycles. The number of hydrogen-bond donors (Lipinski definition) is 20. The maximum absolute atomic E-state index is 13.3. The maximum atomic E-state index is 13.3. The van der Waals surface area contributed by atoms with Crippen molar-refractivity contribution < 1.29 is 57.5 Å². The first-order valence-electron chi connectivity index (χ1n) is 43.9. The number of benzene rings is 2. The standard InChI is InChI=1S/C24H39N5O3.C23H37N5O3.C22H43N5O3.C21H41N5O3/c1-6-24(7-2,29-21(30)17(3)4)23(32)28-20(14-11-15-26-18(5)25)22(31)27-16-19-12-9-8-10-13-19;1-6-23(7-2,28-20(29)16(3)4)22(31)27-19(14-11-15-25-17(5)24)21(30)26-18-12-9-8-10-13-18;1-8-17(9-2)25-20(29)18(13-12-14-24-16(7)23)26-21(30)22(10-3,11-4)27-19(28)15(5)6;1-8-15(6)24-19(28)17(12-11-13-23-16(7)22)25-20(29)21(9-2,10-3)26-18(27)14(4)5/h8-10,12-13,17,20,26H,5-7,11,14-16,25H2,1-4H3,(H,27,31)(H,28,32)(H,29,30);8-10,12-13,16,19,25H,5-7,11,14-15,24H2,1-4H3,(H,26,30)(H,27,31)(H,28,29);15,17-18,24H,7-14,23H2,1-6H3,(H,25,29)(H,26,30)(H,27,28);14-15,17,23H,7-13,22H2,1-6H3,(H,24,28)(H,25,29)(H,26,27)/t20-;19-;18-;15-,17-/m0000/s1. The van der Waals surface area contributed by atoms with E-state index in [0.717, 1.165) is 24.8 Å². The lowest BCUT2D eigenvalue weighted by molar-refractivity contribution is -0.137. The molecule has 0 radical (unpaired) electrons. The number of para-hydroxylation sites is 1. The van der Waals surface area contributed by atoms with Gasteiger partial charge >= 0.3 is 0 Å². The molecule has 32 heteroatoms. The van der Waals surface area contributed by atoms with Gasteiger partial charge in [0.15, 0.2) is 0 Å². The van der Waals surface area contributed by atoms with Gasteiger partial charge in [-0.3, -0.25) is 57.5 Å². The lowest BCUT2D eigenvalue weighted by Gasteiger charge is -2.34. The topological polar surface area (TPSA) is 501 Å². The van der Waals surface area contributed by atoms with Crippen molar-refractivity contribution in [1.29, 1.82) is 0 Å². The zero-order valence-corrected chi connectivity index (χ0v) is 77.6. The second-order valence-electron chi connectivity index (χ2n) is 32.1. The van der Waals surface area contributed by atoms with Gasteiger partial charge in [0, 0.05) is 74.2 Å². The molecule has 0 unspecified atom stereocenters. The Morgan fingerprint density at radius 3 is 0.811 bits per heavy atom. The van der Waals surface area contributed by atoms with Gasteiger partial charge < -0.3 is 108 Å². The number of rotatable bonds is 56. The van der Waals surface area contributed by atoms with E-state index < -0.39 is 46.3 Å². The van der Waals surface area contributed by atoms with E-state index in [1.54, 1.807) is 67.5 Å². The van der Waals surface area contributed by atoms with Gasteiger partial charge in [-0.2, -0.15) is 0 Å². The fraction of sp³-hybridized carbons (Fsp3) is 0.644. The summed E-state index contributed by atoms with van der Waals surface area (Å²) in [7, 11) is 0. The highest BCUT2D eigenvalue weighted by atomic mass is 16.2. The molecule has 0 aliphatic carbocycles. The normalized spacial score (nSPS) is 12.4. The Kier molecular flexibility index (Phi) is 56.6. The van der Waals surface area contributed by atoms with Crippen LogP contribution in [0.2, 0.25) is 0 Å². The average molecular weight is 1710 g/mol. The van der Waals surface area contributed by atoms with E-state index in [0.29, 0.717) is 164 Å². The first kappa shape index (κ1) is 113. The molecule has 0 bridgehead atoms. The maximum Gasteiger partial charge on any atom is 0.246 e. The monoisotopic (exact) mass is 1710 g/mol. The Bertz CT molecular complexity index is 3540. The van der Waals surface area contributed by atoms with Gasteiger partial charge in [-0.15, -0.1) is 0 Å². The van der Waals surface area contributed by atoms with Crippen LogP contribution in [0.1, 0.15) is 266 Å². The summed E-state index contributed by atoms with van der Waals surface area (Å²) in [6.07, 6.45) is 9.94. The summed E-state index contributed by atoms with van der Waals surface area (Å²) < 4.78 is 0. The van der Waals surface area contributed by atoms with Gasteiger partial charge in [-0.25, -0.2) is 0 Å². The van der Waals surface area contributed by atoms with Crippen LogP contribution in [0.3, 0.4) is 0 Å². The molecule has 5 atom stereocenters. The summed E-state index contributed by atoms with van der Waals surface area (Å²) in [5, 5.41) is 46.4. The lowest BCUT2D eigenvalue weighted by atomic mass is 9.90. The Hall–Kier alpha value is -10.6. The van der Waals surface area contributed by atoms with Crippen molar-refractivity contribution >= 4 is 76.6 Å². The first-order chi connectivity index (χ1) is 57.4. The molecule has 0 aromatic heterocycles. The molecule has 24 N–H and O–H groups in total. The molecule has 0 saturated heterocycles. The van der Waals surface area contributed by atoms with E-state index in [1.807, 2.05) is 132 Å². The molecule has 122 heavy (non-hydrogen) atoms. The largest absolute Gasteiger partial charge is 0.386 e. The number of anilines is 1. The third kappa shape index (κ3) is 43.3. The Balaban J connectivity index is 0. The van der Waals surface area contributed by atoms with E-state index >= 15 is 0 Å². The van der Waals surface area contributed by atoms with Crippen LogP contribution in [0.25, 0.3) is 0 Å². The number of carbonyl (C=O) groups is 12. The van der Waals surface area contributed by atoms with Crippen molar-refractivity contribution in [2.45, 2.75) is 325 Å².